The predicted molar refractivity (Wildman–Crippen MR) is 131 cm³/mol. The highest BCUT2D eigenvalue weighted by molar-refractivity contribution is 6.08. The van der Waals surface area contributed by atoms with Crippen LogP contribution in [0.4, 0.5) is 0 Å². The number of rotatable bonds is 4. The number of benzene rings is 3. The van der Waals surface area contributed by atoms with Gasteiger partial charge in [-0.1, -0.05) is 48.0 Å². The van der Waals surface area contributed by atoms with Crippen molar-refractivity contribution in [3.8, 4) is 16.9 Å². The summed E-state index contributed by atoms with van der Waals surface area (Å²) in [6, 6.07) is 22.2. The van der Waals surface area contributed by atoms with Crippen molar-refractivity contribution in [2.24, 2.45) is 0 Å². The Balaban J connectivity index is 1.38. The summed E-state index contributed by atoms with van der Waals surface area (Å²) in [6.07, 6.45) is 1.48. The third-order valence-electron chi connectivity index (χ3n) is 5.65. The molecule has 2 N–H and O–H groups in total. The zero-order valence-corrected chi connectivity index (χ0v) is 19.1. The predicted octanol–water partition coefficient (Wildman–Crippen LogP) is 3.57. The van der Waals surface area contributed by atoms with Crippen LogP contribution in [0.3, 0.4) is 0 Å². The number of tetrazole rings is 1. The number of amides is 2. The van der Waals surface area contributed by atoms with Gasteiger partial charge in [-0.05, 0) is 60.2 Å². The summed E-state index contributed by atoms with van der Waals surface area (Å²) in [4.78, 5) is 30.6. The van der Waals surface area contributed by atoms with Crippen LogP contribution in [-0.4, -0.2) is 37.0 Å². The molecule has 172 valence electrons. The van der Waals surface area contributed by atoms with Gasteiger partial charge in [0.1, 0.15) is 6.33 Å². The van der Waals surface area contributed by atoms with Gasteiger partial charge in [0.05, 0.1) is 22.5 Å². The Bertz CT molecular complexity index is 1540. The Hall–Kier alpha value is -4.92. The summed E-state index contributed by atoms with van der Waals surface area (Å²) in [6.45, 7) is 3.86. The minimum absolute atomic E-state index is 0.388. The van der Waals surface area contributed by atoms with Crippen LogP contribution in [0.15, 0.2) is 79.1 Å². The van der Waals surface area contributed by atoms with Gasteiger partial charge in [-0.25, -0.2) is 9.67 Å². The molecule has 0 saturated carbocycles. The van der Waals surface area contributed by atoms with Crippen LogP contribution >= 0.6 is 0 Å². The lowest BCUT2D eigenvalue weighted by molar-refractivity contribution is 0.0847. The highest BCUT2D eigenvalue weighted by atomic mass is 16.2. The zero-order valence-electron chi connectivity index (χ0n) is 19.1. The maximum atomic E-state index is 13.1. The van der Waals surface area contributed by atoms with Gasteiger partial charge in [0.25, 0.3) is 11.8 Å². The Kier molecular flexibility index (Phi) is 5.72. The normalized spacial score (nSPS) is 10.8. The molecular formula is C26H21N7O2. The van der Waals surface area contributed by atoms with E-state index in [1.54, 1.807) is 24.3 Å². The van der Waals surface area contributed by atoms with Crippen LogP contribution in [0.5, 0.6) is 0 Å². The minimum Gasteiger partial charge on any atom is -0.267 e. The first kappa shape index (κ1) is 21.9. The van der Waals surface area contributed by atoms with Gasteiger partial charge in [-0.15, -0.1) is 5.10 Å². The third-order valence-corrected chi connectivity index (χ3v) is 5.65. The summed E-state index contributed by atoms with van der Waals surface area (Å²) in [5, 5.41) is 11.8. The standard InChI is InChI=1S/C26H21N7O2/c1-16-7-9-18(10-8-16)23-14-21(20-5-3-4-6-22(20)28-23)26(35)30-29-25(34)19-11-12-24(17(2)13-19)33-15-27-31-32-33/h3-15H,1-2H3,(H,29,34)(H,30,35). The van der Waals surface area contributed by atoms with E-state index in [1.165, 1.54) is 11.0 Å². The molecule has 2 heterocycles. The van der Waals surface area contributed by atoms with E-state index in [4.69, 9.17) is 4.98 Å². The number of pyridine rings is 1. The number of carbonyl (C=O) groups excluding carboxylic acids is 2. The number of hydrogen-bond acceptors (Lipinski definition) is 6. The van der Waals surface area contributed by atoms with Crippen molar-refractivity contribution < 1.29 is 9.59 Å². The summed E-state index contributed by atoms with van der Waals surface area (Å²) in [5.74, 6) is -0.880. The first-order valence-corrected chi connectivity index (χ1v) is 10.9. The summed E-state index contributed by atoms with van der Waals surface area (Å²) in [5.41, 5.74) is 10.8. The average molecular weight is 464 g/mol. The van der Waals surface area contributed by atoms with Crippen molar-refractivity contribution in [3.63, 3.8) is 0 Å². The number of carbonyl (C=O) groups is 2. The average Bonchev–Trinajstić information content (AvgIpc) is 3.41. The van der Waals surface area contributed by atoms with Crippen LogP contribution in [0, 0.1) is 13.8 Å². The molecule has 9 nitrogen and oxygen atoms in total. The van der Waals surface area contributed by atoms with Crippen LogP contribution in [0.2, 0.25) is 0 Å². The maximum absolute atomic E-state index is 13.1. The quantitative estimate of drug-likeness (QED) is 0.394. The molecule has 0 atom stereocenters. The SMILES string of the molecule is Cc1ccc(-c2cc(C(=O)NNC(=O)c3ccc(-n4cnnn4)c(C)c3)c3ccccc3n2)cc1. The number of aryl methyl sites for hydroxylation is 2. The van der Waals surface area contributed by atoms with Gasteiger partial charge in [-0.2, -0.15) is 0 Å². The van der Waals surface area contributed by atoms with Crippen LogP contribution < -0.4 is 10.9 Å². The molecular weight excluding hydrogens is 442 g/mol. The molecule has 5 aromatic rings. The van der Waals surface area contributed by atoms with E-state index in [2.05, 4.69) is 26.4 Å². The fraction of sp³-hybridized carbons (Fsp3) is 0.0769. The number of nitrogens with one attached hydrogen (secondary N) is 2. The van der Waals surface area contributed by atoms with E-state index >= 15 is 0 Å². The van der Waals surface area contributed by atoms with Crippen molar-refractivity contribution in [1.29, 1.82) is 0 Å². The lowest BCUT2D eigenvalue weighted by Crippen LogP contribution is -2.41. The molecule has 0 bridgehead atoms. The van der Waals surface area contributed by atoms with Crippen molar-refractivity contribution in [3.05, 3.63) is 101 Å². The molecule has 2 aromatic heterocycles. The smallest absolute Gasteiger partial charge is 0.267 e. The fourth-order valence-corrected chi connectivity index (χ4v) is 3.81. The van der Waals surface area contributed by atoms with E-state index in [1.807, 2.05) is 62.4 Å². The van der Waals surface area contributed by atoms with Gasteiger partial charge in [-0.3, -0.25) is 20.4 Å². The van der Waals surface area contributed by atoms with Crippen molar-refractivity contribution in [2.45, 2.75) is 13.8 Å². The molecule has 0 aliphatic carbocycles. The monoisotopic (exact) mass is 463 g/mol. The largest absolute Gasteiger partial charge is 0.270 e. The Labute approximate surface area is 200 Å². The summed E-state index contributed by atoms with van der Waals surface area (Å²) >= 11 is 0. The molecule has 3 aromatic carbocycles. The highest BCUT2D eigenvalue weighted by Gasteiger charge is 2.16. The van der Waals surface area contributed by atoms with Gasteiger partial charge >= 0.3 is 0 Å². The zero-order chi connectivity index (χ0) is 24.4. The molecule has 0 unspecified atom stereocenters. The second-order valence-corrected chi connectivity index (χ2v) is 8.10. The van der Waals surface area contributed by atoms with E-state index in [9.17, 15) is 9.59 Å². The first-order valence-electron chi connectivity index (χ1n) is 10.9. The highest BCUT2D eigenvalue weighted by Crippen LogP contribution is 2.25. The molecule has 0 aliphatic heterocycles. The fourth-order valence-electron chi connectivity index (χ4n) is 3.81. The number of para-hydroxylation sites is 1. The Morgan fingerprint density at radius 1 is 0.857 bits per heavy atom. The van der Waals surface area contributed by atoms with Crippen LogP contribution in [-0.2, 0) is 0 Å². The summed E-state index contributed by atoms with van der Waals surface area (Å²) in [7, 11) is 0. The topological polar surface area (TPSA) is 115 Å². The van der Waals surface area contributed by atoms with Gasteiger partial charge < -0.3 is 0 Å². The minimum atomic E-state index is -0.443. The lowest BCUT2D eigenvalue weighted by atomic mass is 10.0. The Morgan fingerprint density at radius 3 is 2.37 bits per heavy atom. The number of aromatic nitrogens is 5. The van der Waals surface area contributed by atoms with E-state index < -0.39 is 11.8 Å². The first-order chi connectivity index (χ1) is 17.0. The number of hydrogen-bond donors (Lipinski definition) is 2. The maximum Gasteiger partial charge on any atom is 0.270 e. The van der Waals surface area contributed by atoms with Crippen molar-refractivity contribution in [2.75, 3.05) is 0 Å². The van der Waals surface area contributed by atoms with Gasteiger partial charge in [0, 0.05) is 16.5 Å². The second kappa shape index (κ2) is 9.14. The molecule has 9 heteroatoms. The second-order valence-electron chi connectivity index (χ2n) is 8.10. The molecule has 5 rings (SSSR count). The number of hydrazine groups is 1. The van der Waals surface area contributed by atoms with Gasteiger partial charge in [0.2, 0.25) is 0 Å². The number of nitrogens with zero attached hydrogens (tertiary/aromatic N) is 5. The lowest BCUT2D eigenvalue weighted by Gasteiger charge is -2.12. The molecule has 0 spiro atoms. The number of fused-ring (bicyclic) bond motifs is 1. The molecule has 35 heavy (non-hydrogen) atoms. The summed E-state index contributed by atoms with van der Waals surface area (Å²) < 4.78 is 1.51. The van der Waals surface area contributed by atoms with Crippen LogP contribution in [0.25, 0.3) is 27.8 Å². The molecule has 0 aliphatic rings. The van der Waals surface area contributed by atoms with E-state index in [0.29, 0.717) is 27.7 Å². The van der Waals surface area contributed by atoms with Crippen molar-refractivity contribution >= 4 is 22.7 Å². The molecule has 0 radical (unpaired) electrons. The molecule has 2 amide bonds. The molecule has 0 saturated heterocycles. The van der Waals surface area contributed by atoms with Gasteiger partial charge in [0.15, 0.2) is 0 Å². The Morgan fingerprint density at radius 2 is 1.63 bits per heavy atom. The van der Waals surface area contributed by atoms with Crippen molar-refractivity contribution in [1.82, 2.24) is 36.0 Å². The third kappa shape index (κ3) is 4.47. The van der Waals surface area contributed by atoms with E-state index in [0.717, 1.165) is 22.4 Å². The molecule has 0 fully saturated rings. The van der Waals surface area contributed by atoms with E-state index in [-0.39, 0.29) is 0 Å². The van der Waals surface area contributed by atoms with Crippen LogP contribution in [0.1, 0.15) is 31.8 Å².